The lowest BCUT2D eigenvalue weighted by atomic mass is 9.84. The highest BCUT2D eigenvalue weighted by molar-refractivity contribution is 5.79. The number of nitrogens with one attached hydrogen (secondary N) is 2. The Morgan fingerprint density at radius 3 is 2.48 bits per heavy atom. The number of ether oxygens (including phenoxy) is 1. The van der Waals surface area contributed by atoms with Crippen LogP contribution < -0.4 is 15.4 Å². The molecule has 0 bridgehead atoms. The number of benzene rings is 2. The van der Waals surface area contributed by atoms with E-state index in [2.05, 4.69) is 41.6 Å². The Kier molecular flexibility index (Phi) is 6.39. The van der Waals surface area contributed by atoms with Crippen molar-refractivity contribution in [1.29, 1.82) is 0 Å². The van der Waals surface area contributed by atoms with Crippen molar-refractivity contribution in [3.8, 4) is 5.75 Å². The van der Waals surface area contributed by atoms with E-state index in [0.29, 0.717) is 19.0 Å². The van der Waals surface area contributed by atoms with Crippen molar-refractivity contribution in [2.75, 3.05) is 20.7 Å². The summed E-state index contributed by atoms with van der Waals surface area (Å²) in [5.74, 6) is 1.33. The highest BCUT2D eigenvalue weighted by atomic mass is 19.1. The Morgan fingerprint density at radius 1 is 1.12 bits per heavy atom. The van der Waals surface area contributed by atoms with E-state index in [1.165, 1.54) is 17.7 Å². The van der Waals surface area contributed by atoms with E-state index in [4.69, 9.17) is 4.74 Å². The van der Waals surface area contributed by atoms with Gasteiger partial charge in [-0.3, -0.25) is 4.99 Å². The lowest BCUT2D eigenvalue weighted by molar-refractivity contribution is 0.411. The molecule has 25 heavy (non-hydrogen) atoms. The van der Waals surface area contributed by atoms with Gasteiger partial charge in [0.1, 0.15) is 11.6 Å². The molecule has 0 radical (unpaired) electrons. The molecule has 0 aliphatic rings. The highest BCUT2D eigenvalue weighted by Crippen LogP contribution is 2.25. The number of nitrogens with zero attached hydrogens (tertiary/aromatic N) is 1. The average Bonchev–Trinajstić information content (AvgIpc) is 2.63. The van der Waals surface area contributed by atoms with E-state index >= 15 is 0 Å². The molecule has 0 aromatic heterocycles. The van der Waals surface area contributed by atoms with Crippen molar-refractivity contribution in [2.45, 2.75) is 25.8 Å². The molecule has 0 atom stereocenters. The fourth-order valence-electron chi connectivity index (χ4n) is 2.46. The Hall–Kier alpha value is -2.56. The number of halogens is 1. The zero-order valence-electron chi connectivity index (χ0n) is 15.3. The molecule has 2 aromatic rings. The molecule has 2 aromatic carbocycles. The van der Waals surface area contributed by atoms with E-state index in [9.17, 15) is 4.39 Å². The number of guanidine groups is 1. The first-order chi connectivity index (χ1) is 11.9. The van der Waals surface area contributed by atoms with Gasteiger partial charge in [-0.15, -0.1) is 0 Å². The van der Waals surface area contributed by atoms with Crippen molar-refractivity contribution in [1.82, 2.24) is 10.6 Å². The third-order valence-corrected chi connectivity index (χ3v) is 4.15. The predicted octanol–water partition coefficient (Wildman–Crippen LogP) is 3.48. The third-order valence-electron chi connectivity index (χ3n) is 4.15. The number of hydrogen-bond donors (Lipinski definition) is 2. The lowest BCUT2D eigenvalue weighted by Gasteiger charge is -2.27. The Balaban J connectivity index is 1.93. The maximum Gasteiger partial charge on any atom is 0.191 e. The predicted molar refractivity (Wildman–Crippen MR) is 101 cm³/mol. The fourth-order valence-corrected chi connectivity index (χ4v) is 2.46. The lowest BCUT2D eigenvalue weighted by Crippen LogP contribution is -2.43. The average molecular weight is 343 g/mol. The fraction of sp³-hybridized carbons (Fsp3) is 0.350. The van der Waals surface area contributed by atoms with Gasteiger partial charge in [0, 0.05) is 25.6 Å². The molecule has 134 valence electrons. The second-order valence-electron chi connectivity index (χ2n) is 6.52. The summed E-state index contributed by atoms with van der Waals surface area (Å²) in [7, 11) is 3.41. The second kappa shape index (κ2) is 8.51. The molecule has 2 rings (SSSR count). The minimum atomic E-state index is -0.230. The molecule has 0 heterocycles. The summed E-state index contributed by atoms with van der Waals surface area (Å²) in [6, 6.07) is 14.5. The van der Waals surface area contributed by atoms with E-state index in [1.807, 2.05) is 12.1 Å². The van der Waals surface area contributed by atoms with Crippen molar-refractivity contribution < 1.29 is 9.13 Å². The summed E-state index contributed by atoms with van der Waals surface area (Å²) in [4.78, 5) is 4.25. The molecule has 0 saturated heterocycles. The molecule has 0 saturated carbocycles. The quantitative estimate of drug-likeness (QED) is 0.623. The Morgan fingerprint density at radius 2 is 1.84 bits per heavy atom. The molecule has 0 aliphatic carbocycles. The topological polar surface area (TPSA) is 45.7 Å². The number of methoxy groups -OCH3 is 1. The van der Waals surface area contributed by atoms with Gasteiger partial charge in [-0.2, -0.15) is 0 Å². The van der Waals surface area contributed by atoms with Crippen LogP contribution >= 0.6 is 0 Å². The molecule has 4 nitrogen and oxygen atoms in total. The van der Waals surface area contributed by atoms with Crippen LogP contribution in [0.1, 0.15) is 25.0 Å². The zero-order chi connectivity index (χ0) is 18.3. The molecule has 0 spiro atoms. The second-order valence-corrected chi connectivity index (χ2v) is 6.52. The molecular weight excluding hydrogens is 317 g/mol. The summed E-state index contributed by atoms with van der Waals surface area (Å²) >= 11 is 0. The van der Waals surface area contributed by atoms with Gasteiger partial charge in [0.2, 0.25) is 0 Å². The van der Waals surface area contributed by atoms with Crippen LogP contribution in [0, 0.1) is 5.82 Å². The van der Waals surface area contributed by atoms with Crippen LogP contribution in [0.5, 0.6) is 5.75 Å². The first kappa shape index (κ1) is 18.8. The molecule has 2 N–H and O–H groups in total. The van der Waals surface area contributed by atoms with Gasteiger partial charge in [-0.05, 0) is 35.4 Å². The zero-order valence-corrected chi connectivity index (χ0v) is 15.3. The van der Waals surface area contributed by atoms with Gasteiger partial charge in [0.05, 0.1) is 7.11 Å². The monoisotopic (exact) mass is 343 g/mol. The van der Waals surface area contributed by atoms with Gasteiger partial charge >= 0.3 is 0 Å². The first-order valence-corrected chi connectivity index (χ1v) is 8.28. The van der Waals surface area contributed by atoms with Crippen LogP contribution in [0.25, 0.3) is 0 Å². The normalized spacial score (nSPS) is 12.0. The van der Waals surface area contributed by atoms with Crippen molar-refractivity contribution in [3.05, 3.63) is 65.5 Å². The minimum absolute atomic E-state index is 0.0952. The van der Waals surface area contributed by atoms with Gasteiger partial charge in [-0.1, -0.05) is 38.1 Å². The number of aliphatic imine (C=N–C) groups is 1. The van der Waals surface area contributed by atoms with Gasteiger partial charge < -0.3 is 15.4 Å². The van der Waals surface area contributed by atoms with Crippen molar-refractivity contribution in [2.24, 2.45) is 4.99 Å². The van der Waals surface area contributed by atoms with E-state index in [0.717, 1.165) is 11.3 Å². The Labute approximate surface area is 149 Å². The Bertz CT molecular complexity index is 711. The van der Waals surface area contributed by atoms with Crippen LogP contribution in [0.2, 0.25) is 0 Å². The highest BCUT2D eigenvalue weighted by Gasteiger charge is 2.21. The molecular formula is C20H26FN3O. The van der Waals surface area contributed by atoms with Crippen LogP contribution in [0.3, 0.4) is 0 Å². The molecule has 0 fully saturated rings. The minimum Gasteiger partial charge on any atom is -0.497 e. The molecule has 0 unspecified atom stereocenters. The van der Waals surface area contributed by atoms with Crippen LogP contribution in [-0.2, 0) is 12.0 Å². The largest absolute Gasteiger partial charge is 0.497 e. The molecule has 5 heteroatoms. The van der Waals surface area contributed by atoms with Crippen molar-refractivity contribution >= 4 is 5.96 Å². The number of hydrogen-bond acceptors (Lipinski definition) is 2. The first-order valence-electron chi connectivity index (χ1n) is 8.28. The summed E-state index contributed by atoms with van der Waals surface area (Å²) in [5.41, 5.74) is 2.09. The maximum atomic E-state index is 13.0. The summed E-state index contributed by atoms with van der Waals surface area (Å²) in [6.45, 7) is 5.63. The summed E-state index contributed by atoms with van der Waals surface area (Å²) in [6.07, 6.45) is 0. The smallest absolute Gasteiger partial charge is 0.191 e. The van der Waals surface area contributed by atoms with Crippen LogP contribution in [-0.4, -0.2) is 26.7 Å². The van der Waals surface area contributed by atoms with Crippen LogP contribution in [0.4, 0.5) is 4.39 Å². The van der Waals surface area contributed by atoms with Gasteiger partial charge in [0.15, 0.2) is 5.96 Å². The molecule has 0 amide bonds. The summed E-state index contributed by atoms with van der Waals surface area (Å²) < 4.78 is 18.3. The van der Waals surface area contributed by atoms with Crippen molar-refractivity contribution in [3.63, 3.8) is 0 Å². The third kappa shape index (κ3) is 5.48. The molecule has 0 aliphatic heterocycles. The SMILES string of the molecule is CN=C(NCc1ccc(F)cc1)NCC(C)(C)c1cccc(OC)c1. The summed E-state index contributed by atoms with van der Waals surface area (Å²) in [5, 5.41) is 6.59. The van der Waals surface area contributed by atoms with Gasteiger partial charge in [-0.25, -0.2) is 4.39 Å². The van der Waals surface area contributed by atoms with E-state index < -0.39 is 0 Å². The maximum absolute atomic E-state index is 13.0. The van der Waals surface area contributed by atoms with Crippen LogP contribution in [0.15, 0.2) is 53.5 Å². The van der Waals surface area contributed by atoms with E-state index in [1.54, 1.807) is 26.3 Å². The standard InChI is InChI=1S/C20H26FN3O/c1-20(2,16-6-5-7-18(12-16)25-4)14-24-19(22-3)23-13-15-8-10-17(21)11-9-15/h5-12H,13-14H2,1-4H3,(H2,22,23,24). The number of rotatable bonds is 6. The van der Waals surface area contributed by atoms with E-state index in [-0.39, 0.29) is 11.2 Å². The van der Waals surface area contributed by atoms with Gasteiger partial charge in [0.25, 0.3) is 0 Å².